The van der Waals surface area contributed by atoms with Crippen LogP contribution in [-0.2, 0) is 0 Å². The molecule has 0 aromatic heterocycles. The van der Waals surface area contributed by atoms with E-state index in [1.165, 1.54) is 21.9 Å². The van der Waals surface area contributed by atoms with Crippen molar-refractivity contribution in [3.05, 3.63) is 54.1 Å². The van der Waals surface area contributed by atoms with Gasteiger partial charge < -0.3 is 5.32 Å². The van der Waals surface area contributed by atoms with Gasteiger partial charge in [0.15, 0.2) is 0 Å². The third-order valence-electron chi connectivity index (χ3n) is 2.94. The molecule has 0 fully saturated rings. The zero-order valence-electron chi connectivity index (χ0n) is 8.94. The third-order valence-corrected chi connectivity index (χ3v) is 2.94. The summed E-state index contributed by atoms with van der Waals surface area (Å²) in [4.78, 5) is 0. The van der Waals surface area contributed by atoms with E-state index < -0.39 is 0 Å². The summed E-state index contributed by atoms with van der Waals surface area (Å²) in [6.45, 7) is 1.99. The lowest BCUT2D eigenvalue weighted by molar-refractivity contribution is 0.897. The molecule has 0 saturated carbocycles. The van der Waals surface area contributed by atoms with E-state index >= 15 is 0 Å². The number of hydrogen-bond acceptors (Lipinski definition) is 1. The summed E-state index contributed by atoms with van der Waals surface area (Å²) in [5, 5.41) is 6.02. The molecular formula is C14H14ClN. The molecule has 3 rings (SSSR count). The van der Waals surface area contributed by atoms with Crippen LogP contribution in [0, 0.1) is 0 Å². The lowest BCUT2D eigenvalue weighted by atomic mass is 9.99. The van der Waals surface area contributed by atoms with E-state index in [-0.39, 0.29) is 12.4 Å². The molecule has 0 bridgehead atoms. The van der Waals surface area contributed by atoms with E-state index in [0.29, 0.717) is 0 Å². The number of rotatable bonds is 1. The SMILES string of the molecule is C1=C(c2cccc3ccccc23)CNC1.Cl. The van der Waals surface area contributed by atoms with Gasteiger partial charge in [-0.2, -0.15) is 0 Å². The highest BCUT2D eigenvalue weighted by Gasteiger charge is 2.08. The van der Waals surface area contributed by atoms with Gasteiger partial charge in [-0.25, -0.2) is 0 Å². The Balaban J connectivity index is 0.000000963. The van der Waals surface area contributed by atoms with Gasteiger partial charge in [0, 0.05) is 13.1 Å². The van der Waals surface area contributed by atoms with E-state index in [4.69, 9.17) is 0 Å². The number of nitrogens with one attached hydrogen (secondary N) is 1. The van der Waals surface area contributed by atoms with Crippen LogP contribution < -0.4 is 5.32 Å². The number of halogens is 1. The minimum absolute atomic E-state index is 0. The van der Waals surface area contributed by atoms with Crippen molar-refractivity contribution < 1.29 is 0 Å². The van der Waals surface area contributed by atoms with Crippen molar-refractivity contribution in [3.8, 4) is 0 Å². The summed E-state index contributed by atoms with van der Waals surface area (Å²) >= 11 is 0. The Morgan fingerprint density at radius 1 is 0.938 bits per heavy atom. The normalized spacial score (nSPS) is 14.6. The predicted octanol–water partition coefficient (Wildman–Crippen LogP) is 3.25. The van der Waals surface area contributed by atoms with Gasteiger partial charge in [0.25, 0.3) is 0 Å². The maximum atomic E-state index is 3.34. The zero-order valence-corrected chi connectivity index (χ0v) is 9.76. The maximum Gasteiger partial charge on any atom is 0.0211 e. The third kappa shape index (κ3) is 1.84. The van der Waals surface area contributed by atoms with Gasteiger partial charge in [-0.05, 0) is 21.9 Å². The molecule has 2 heteroatoms. The second-order valence-electron chi connectivity index (χ2n) is 3.89. The Morgan fingerprint density at radius 3 is 2.56 bits per heavy atom. The Bertz CT molecular complexity index is 526. The van der Waals surface area contributed by atoms with Gasteiger partial charge in [-0.1, -0.05) is 48.5 Å². The fourth-order valence-electron chi connectivity index (χ4n) is 2.18. The maximum absolute atomic E-state index is 3.34. The lowest BCUT2D eigenvalue weighted by Crippen LogP contribution is -2.07. The molecule has 0 atom stereocenters. The first-order chi connectivity index (χ1) is 7.45. The lowest BCUT2D eigenvalue weighted by Gasteiger charge is -2.06. The quantitative estimate of drug-likeness (QED) is 0.795. The summed E-state index contributed by atoms with van der Waals surface area (Å²) in [6.07, 6.45) is 2.28. The average molecular weight is 232 g/mol. The van der Waals surface area contributed by atoms with Gasteiger partial charge in [-0.3, -0.25) is 0 Å². The van der Waals surface area contributed by atoms with Crippen LogP contribution in [0.2, 0.25) is 0 Å². The number of fused-ring (bicyclic) bond motifs is 1. The molecule has 16 heavy (non-hydrogen) atoms. The van der Waals surface area contributed by atoms with Crippen LogP contribution >= 0.6 is 12.4 Å². The fourth-order valence-corrected chi connectivity index (χ4v) is 2.18. The van der Waals surface area contributed by atoms with Crippen LogP contribution in [0.25, 0.3) is 16.3 Å². The number of hydrogen-bond donors (Lipinski definition) is 1. The molecule has 1 nitrogen and oxygen atoms in total. The van der Waals surface area contributed by atoms with Gasteiger partial charge in [-0.15, -0.1) is 12.4 Å². The highest BCUT2D eigenvalue weighted by Crippen LogP contribution is 2.25. The van der Waals surface area contributed by atoms with Crippen LogP contribution in [-0.4, -0.2) is 13.1 Å². The average Bonchev–Trinajstić information content (AvgIpc) is 2.82. The van der Waals surface area contributed by atoms with Crippen molar-refractivity contribution in [2.45, 2.75) is 0 Å². The summed E-state index contributed by atoms with van der Waals surface area (Å²) in [6, 6.07) is 15.1. The fraction of sp³-hybridized carbons (Fsp3) is 0.143. The molecule has 1 aliphatic heterocycles. The van der Waals surface area contributed by atoms with E-state index in [1.807, 2.05) is 0 Å². The molecule has 1 heterocycles. The van der Waals surface area contributed by atoms with E-state index in [1.54, 1.807) is 0 Å². The standard InChI is InChI=1S/C14H13N.ClH/c1-2-6-13-11(4-1)5-3-7-14(13)12-8-9-15-10-12;/h1-8,15H,9-10H2;1H. The molecule has 0 saturated heterocycles. The van der Waals surface area contributed by atoms with Crippen molar-refractivity contribution >= 4 is 28.8 Å². The first-order valence-electron chi connectivity index (χ1n) is 5.33. The molecule has 0 amide bonds. The van der Waals surface area contributed by atoms with Crippen LogP contribution in [0.4, 0.5) is 0 Å². The van der Waals surface area contributed by atoms with Crippen LogP contribution in [0.15, 0.2) is 48.5 Å². The second-order valence-corrected chi connectivity index (χ2v) is 3.89. The van der Waals surface area contributed by atoms with Crippen LogP contribution in [0.3, 0.4) is 0 Å². The highest BCUT2D eigenvalue weighted by molar-refractivity contribution is 5.94. The van der Waals surface area contributed by atoms with Gasteiger partial charge in [0.2, 0.25) is 0 Å². The Hall–Kier alpha value is -1.31. The molecule has 82 valence electrons. The molecule has 0 radical (unpaired) electrons. The minimum atomic E-state index is 0. The first-order valence-corrected chi connectivity index (χ1v) is 5.33. The van der Waals surface area contributed by atoms with Crippen LogP contribution in [0.5, 0.6) is 0 Å². The molecule has 0 spiro atoms. The molecule has 2 aromatic rings. The minimum Gasteiger partial charge on any atom is -0.309 e. The second kappa shape index (κ2) is 4.69. The molecular weight excluding hydrogens is 218 g/mol. The topological polar surface area (TPSA) is 12.0 Å². The molecule has 2 aromatic carbocycles. The Labute approximate surface area is 102 Å². The van der Waals surface area contributed by atoms with Crippen molar-refractivity contribution in [1.82, 2.24) is 5.32 Å². The van der Waals surface area contributed by atoms with E-state index in [2.05, 4.69) is 53.9 Å². The van der Waals surface area contributed by atoms with Crippen molar-refractivity contribution in [2.75, 3.05) is 13.1 Å². The molecule has 0 unspecified atom stereocenters. The Morgan fingerprint density at radius 2 is 1.75 bits per heavy atom. The molecule has 1 aliphatic rings. The summed E-state index contributed by atoms with van der Waals surface area (Å²) in [7, 11) is 0. The Kier molecular flexibility index (Phi) is 3.28. The van der Waals surface area contributed by atoms with Crippen molar-refractivity contribution in [1.29, 1.82) is 0 Å². The number of benzene rings is 2. The van der Waals surface area contributed by atoms with Crippen molar-refractivity contribution in [3.63, 3.8) is 0 Å². The highest BCUT2D eigenvalue weighted by atomic mass is 35.5. The van der Waals surface area contributed by atoms with Crippen LogP contribution in [0.1, 0.15) is 5.56 Å². The predicted molar refractivity (Wildman–Crippen MR) is 72.0 cm³/mol. The van der Waals surface area contributed by atoms with Gasteiger partial charge >= 0.3 is 0 Å². The largest absolute Gasteiger partial charge is 0.309 e. The summed E-state index contributed by atoms with van der Waals surface area (Å²) < 4.78 is 0. The summed E-state index contributed by atoms with van der Waals surface area (Å²) in [5.74, 6) is 0. The van der Waals surface area contributed by atoms with Gasteiger partial charge in [0.1, 0.15) is 0 Å². The molecule has 1 N–H and O–H groups in total. The van der Waals surface area contributed by atoms with E-state index in [9.17, 15) is 0 Å². The first kappa shape index (κ1) is 11.2. The van der Waals surface area contributed by atoms with Gasteiger partial charge in [0.05, 0.1) is 0 Å². The van der Waals surface area contributed by atoms with E-state index in [0.717, 1.165) is 13.1 Å². The smallest absolute Gasteiger partial charge is 0.0211 e. The van der Waals surface area contributed by atoms with Crippen molar-refractivity contribution in [2.24, 2.45) is 0 Å². The summed E-state index contributed by atoms with van der Waals surface area (Å²) in [5.41, 5.74) is 2.80. The monoisotopic (exact) mass is 231 g/mol. The molecule has 0 aliphatic carbocycles. The zero-order chi connectivity index (χ0) is 10.1.